The summed E-state index contributed by atoms with van der Waals surface area (Å²) in [6, 6.07) is 27.4. The molecular formula is C34H37N3O4. The molecule has 7 nitrogen and oxygen atoms in total. The molecule has 0 bridgehead atoms. The van der Waals surface area contributed by atoms with Crippen molar-refractivity contribution in [3.63, 3.8) is 0 Å². The van der Waals surface area contributed by atoms with Crippen LogP contribution in [-0.2, 0) is 11.2 Å². The lowest BCUT2D eigenvalue weighted by molar-refractivity contribution is -0.131. The second kappa shape index (κ2) is 13.5. The number of amides is 2. The maximum atomic E-state index is 13.8. The van der Waals surface area contributed by atoms with Gasteiger partial charge >= 0.3 is 0 Å². The molecule has 0 radical (unpaired) electrons. The van der Waals surface area contributed by atoms with Gasteiger partial charge in [0.2, 0.25) is 0 Å². The fourth-order valence-corrected chi connectivity index (χ4v) is 4.42. The summed E-state index contributed by atoms with van der Waals surface area (Å²) in [5.41, 5.74) is 8.52. The number of nitrogens with one attached hydrogen (secondary N) is 2. The van der Waals surface area contributed by atoms with Crippen LogP contribution in [0.4, 0.5) is 5.69 Å². The zero-order valence-electron chi connectivity index (χ0n) is 24.2. The molecule has 7 heteroatoms. The van der Waals surface area contributed by atoms with E-state index in [1.807, 2.05) is 99.6 Å². The first-order chi connectivity index (χ1) is 19.8. The summed E-state index contributed by atoms with van der Waals surface area (Å²) < 4.78 is 11.3. The van der Waals surface area contributed by atoms with Gasteiger partial charge in [-0.1, -0.05) is 42.0 Å². The van der Waals surface area contributed by atoms with Crippen LogP contribution in [0.25, 0.3) is 0 Å². The van der Waals surface area contributed by atoms with Crippen LogP contribution in [0.3, 0.4) is 0 Å². The highest BCUT2D eigenvalue weighted by Crippen LogP contribution is 2.27. The molecule has 0 fully saturated rings. The third-order valence-electron chi connectivity index (χ3n) is 6.97. The van der Waals surface area contributed by atoms with E-state index in [0.29, 0.717) is 24.3 Å². The monoisotopic (exact) mass is 551 g/mol. The molecule has 0 aromatic heterocycles. The van der Waals surface area contributed by atoms with Crippen LogP contribution in [0.15, 0.2) is 91.0 Å². The van der Waals surface area contributed by atoms with Crippen LogP contribution in [0.5, 0.6) is 17.2 Å². The lowest BCUT2D eigenvalue weighted by Crippen LogP contribution is -2.51. The maximum absolute atomic E-state index is 13.8. The SMILES string of the molecule is CCN(Nc1ccc(OC)cc1)C(=O)C(Cc1ccc(Oc2cccc(C)c2C)cc1)NC(=O)c1cccc(C)c1. The van der Waals surface area contributed by atoms with Crippen LogP contribution in [0.1, 0.15) is 39.5 Å². The van der Waals surface area contributed by atoms with Gasteiger partial charge in [0, 0.05) is 18.5 Å². The minimum absolute atomic E-state index is 0.250. The molecule has 1 atom stereocenters. The highest BCUT2D eigenvalue weighted by molar-refractivity contribution is 5.98. The van der Waals surface area contributed by atoms with Gasteiger partial charge in [0.15, 0.2) is 0 Å². The van der Waals surface area contributed by atoms with Gasteiger partial charge in [-0.25, -0.2) is 0 Å². The van der Waals surface area contributed by atoms with Crippen molar-refractivity contribution < 1.29 is 19.1 Å². The Hall–Kier alpha value is -4.78. The Kier molecular flexibility index (Phi) is 9.64. The van der Waals surface area contributed by atoms with E-state index in [1.165, 1.54) is 5.01 Å². The number of hydrogen-bond donors (Lipinski definition) is 2. The average Bonchev–Trinajstić information content (AvgIpc) is 2.98. The number of hydrazine groups is 1. The molecule has 1 unspecified atom stereocenters. The van der Waals surface area contributed by atoms with Crippen LogP contribution in [-0.4, -0.2) is 36.5 Å². The standard InChI is InChI=1S/C34H37N3O4/c1-6-37(36-28-15-19-29(40-5)20-16-28)34(39)31(35-33(38)27-11-7-9-23(2)21-27)22-26-13-17-30(18-14-26)41-32-12-8-10-24(3)25(32)4/h7-21,31,36H,6,22H2,1-5H3,(H,35,38). The van der Waals surface area contributed by atoms with E-state index in [0.717, 1.165) is 39.4 Å². The van der Waals surface area contributed by atoms with Gasteiger partial charge in [0.1, 0.15) is 23.3 Å². The van der Waals surface area contributed by atoms with E-state index in [9.17, 15) is 9.59 Å². The lowest BCUT2D eigenvalue weighted by Gasteiger charge is -2.28. The van der Waals surface area contributed by atoms with E-state index >= 15 is 0 Å². The van der Waals surface area contributed by atoms with Crippen molar-refractivity contribution >= 4 is 17.5 Å². The summed E-state index contributed by atoms with van der Waals surface area (Å²) in [7, 11) is 1.61. The predicted octanol–water partition coefficient (Wildman–Crippen LogP) is 6.63. The number of rotatable bonds is 11. The number of ether oxygens (including phenoxy) is 2. The van der Waals surface area contributed by atoms with Crippen molar-refractivity contribution in [3.05, 3.63) is 119 Å². The Morgan fingerprint density at radius 1 is 0.854 bits per heavy atom. The molecule has 0 aliphatic rings. The number of carbonyl (C=O) groups excluding carboxylic acids is 2. The summed E-state index contributed by atoms with van der Waals surface area (Å²) in [6.07, 6.45) is 0.306. The fraction of sp³-hybridized carbons (Fsp3) is 0.235. The highest BCUT2D eigenvalue weighted by Gasteiger charge is 2.26. The largest absolute Gasteiger partial charge is 0.497 e. The summed E-state index contributed by atoms with van der Waals surface area (Å²) >= 11 is 0. The molecule has 0 saturated carbocycles. The first-order valence-electron chi connectivity index (χ1n) is 13.7. The Bertz CT molecular complexity index is 1480. The van der Waals surface area contributed by atoms with Gasteiger partial charge in [-0.3, -0.25) is 20.0 Å². The Balaban J connectivity index is 1.54. The van der Waals surface area contributed by atoms with Gasteiger partial charge in [-0.15, -0.1) is 0 Å². The lowest BCUT2D eigenvalue weighted by atomic mass is 10.0. The number of methoxy groups -OCH3 is 1. The second-order valence-electron chi connectivity index (χ2n) is 9.97. The van der Waals surface area contributed by atoms with Crippen molar-refractivity contribution in [3.8, 4) is 17.2 Å². The van der Waals surface area contributed by atoms with Gasteiger partial charge in [-0.2, -0.15) is 0 Å². The Labute approximate surface area is 242 Å². The molecular weight excluding hydrogens is 514 g/mol. The van der Waals surface area contributed by atoms with E-state index < -0.39 is 6.04 Å². The molecule has 41 heavy (non-hydrogen) atoms. The fourth-order valence-electron chi connectivity index (χ4n) is 4.42. The maximum Gasteiger partial charge on any atom is 0.263 e. The number of anilines is 1. The van der Waals surface area contributed by atoms with E-state index in [2.05, 4.69) is 23.7 Å². The number of hydrogen-bond acceptors (Lipinski definition) is 5. The summed E-state index contributed by atoms with van der Waals surface area (Å²) in [6.45, 7) is 8.29. The van der Waals surface area contributed by atoms with E-state index in [1.54, 1.807) is 13.2 Å². The summed E-state index contributed by atoms with van der Waals surface area (Å²) in [4.78, 5) is 27.0. The molecule has 4 rings (SSSR count). The number of likely N-dealkylation sites (N-methyl/N-ethyl adjacent to an activating group) is 1. The van der Waals surface area contributed by atoms with Gasteiger partial charge in [-0.05, 0) is 99.0 Å². The predicted molar refractivity (Wildman–Crippen MR) is 163 cm³/mol. The Morgan fingerprint density at radius 2 is 1.54 bits per heavy atom. The van der Waals surface area contributed by atoms with Gasteiger partial charge < -0.3 is 14.8 Å². The van der Waals surface area contributed by atoms with E-state index in [4.69, 9.17) is 9.47 Å². The van der Waals surface area contributed by atoms with E-state index in [-0.39, 0.29) is 11.8 Å². The van der Waals surface area contributed by atoms with Crippen LogP contribution in [0.2, 0.25) is 0 Å². The average molecular weight is 552 g/mol. The molecule has 0 spiro atoms. The van der Waals surface area contributed by atoms with Crippen molar-refractivity contribution in [1.82, 2.24) is 10.3 Å². The summed E-state index contributed by atoms with van der Waals surface area (Å²) in [5, 5.41) is 4.49. The molecule has 0 aliphatic heterocycles. The normalized spacial score (nSPS) is 11.3. The molecule has 2 N–H and O–H groups in total. The van der Waals surface area contributed by atoms with Gasteiger partial charge in [0.25, 0.3) is 11.8 Å². The zero-order valence-corrected chi connectivity index (χ0v) is 24.2. The minimum atomic E-state index is -0.806. The van der Waals surface area contributed by atoms with Crippen molar-refractivity contribution in [1.29, 1.82) is 0 Å². The Morgan fingerprint density at radius 3 is 2.20 bits per heavy atom. The second-order valence-corrected chi connectivity index (χ2v) is 9.97. The molecule has 0 heterocycles. The number of carbonyl (C=O) groups is 2. The molecule has 0 saturated heterocycles. The highest BCUT2D eigenvalue weighted by atomic mass is 16.5. The number of aryl methyl sites for hydroxylation is 2. The van der Waals surface area contributed by atoms with Crippen molar-refractivity contribution in [2.45, 2.75) is 40.2 Å². The smallest absolute Gasteiger partial charge is 0.263 e. The quantitative estimate of drug-likeness (QED) is 0.205. The number of nitrogens with zero attached hydrogens (tertiary/aromatic N) is 1. The van der Waals surface area contributed by atoms with Crippen molar-refractivity contribution in [2.75, 3.05) is 19.1 Å². The van der Waals surface area contributed by atoms with Crippen LogP contribution in [0, 0.1) is 20.8 Å². The minimum Gasteiger partial charge on any atom is -0.497 e. The molecule has 212 valence electrons. The first-order valence-corrected chi connectivity index (χ1v) is 13.7. The topological polar surface area (TPSA) is 79.9 Å². The van der Waals surface area contributed by atoms with Crippen LogP contribution >= 0.6 is 0 Å². The third kappa shape index (κ3) is 7.66. The van der Waals surface area contributed by atoms with Crippen LogP contribution < -0.4 is 20.2 Å². The van der Waals surface area contributed by atoms with Gasteiger partial charge in [0.05, 0.1) is 12.8 Å². The first kappa shape index (κ1) is 29.2. The molecule has 4 aromatic carbocycles. The molecule has 4 aromatic rings. The third-order valence-corrected chi connectivity index (χ3v) is 6.97. The molecule has 0 aliphatic carbocycles. The zero-order chi connectivity index (χ0) is 29.4. The molecule has 2 amide bonds. The summed E-state index contributed by atoms with van der Waals surface area (Å²) in [5.74, 6) is 1.67. The van der Waals surface area contributed by atoms with Crippen molar-refractivity contribution in [2.24, 2.45) is 0 Å². The number of benzene rings is 4.